The SMILES string of the molecule is O=C(CN1C(=O)S/C(=C\c2cc(Br)ccc2OCc2ccc(F)cc2)C1=O)Nc1ccc(F)c(F)c1F. The Labute approximate surface area is 220 Å². The van der Waals surface area contributed by atoms with Crippen molar-refractivity contribution in [2.45, 2.75) is 6.61 Å². The number of amides is 3. The molecule has 0 saturated carbocycles. The lowest BCUT2D eigenvalue weighted by atomic mass is 10.1. The number of nitrogens with zero attached hydrogens (tertiary/aromatic N) is 1. The van der Waals surface area contributed by atoms with E-state index in [2.05, 4.69) is 15.9 Å². The highest BCUT2D eigenvalue weighted by Gasteiger charge is 2.36. The van der Waals surface area contributed by atoms with Crippen molar-refractivity contribution < 1.29 is 36.7 Å². The molecule has 1 saturated heterocycles. The molecule has 1 aliphatic heterocycles. The number of ether oxygens (including phenoxy) is 1. The molecule has 3 aromatic carbocycles. The fourth-order valence-corrected chi connectivity index (χ4v) is 4.45. The van der Waals surface area contributed by atoms with Gasteiger partial charge in [-0.1, -0.05) is 28.1 Å². The van der Waals surface area contributed by atoms with Crippen molar-refractivity contribution in [2.24, 2.45) is 0 Å². The van der Waals surface area contributed by atoms with Crippen LogP contribution in [-0.2, 0) is 16.2 Å². The summed E-state index contributed by atoms with van der Waals surface area (Å²) < 4.78 is 59.9. The zero-order chi connectivity index (χ0) is 26.7. The second kappa shape index (κ2) is 11.2. The second-order valence-corrected chi connectivity index (χ2v) is 9.55. The fourth-order valence-electron chi connectivity index (χ4n) is 3.24. The molecule has 37 heavy (non-hydrogen) atoms. The Kier molecular flexibility index (Phi) is 7.98. The number of hydrogen-bond acceptors (Lipinski definition) is 5. The van der Waals surface area contributed by atoms with Gasteiger partial charge >= 0.3 is 0 Å². The van der Waals surface area contributed by atoms with Crippen molar-refractivity contribution in [3.05, 3.63) is 98.4 Å². The van der Waals surface area contributed by atoms with Crippen LogP contribution >= 0.6 is 27.7 Å². The van der Waals surface area contributed by atoms with Crippen molar-refractivity contribution in [1.82, 2.24) is 4.90 Å². The number of thioether (sulfide) groups is 1. The minimum absolute atomic E-state index is 0.00143. The Morgan fingerprint density at radius 3 is 2.46 bits per heavy atom. The number of anilines is 1. The molecular formula is C25H15BrF4N2O4S. The van der Waals surface area contributed by atoms with Crippen LogP contribution in [0.25, 0.3) is 6.08 Å². The van der Waals surface area contributed by atoms with Crippen molar-refractivity contribution in [2.75, 3.05) is 11.9 Å². The maximum Gasteiger partial charge on any atom is 0.294 e. The van der Waals surface area contributed by atoms with Gasteiger partial charge in [-0.3, -0.25) is 19.3 Å². The summed E-state index contributed by atoms with van der Waals surface area (Å²) in [6.45, 7) is -0.655. The third-order valence-corrected chi connectivity index (χ3v) is 6.45. The maximum atomic E-state index is 13.8. The van der Waals surface area contributed by atoms with E-state index in [1.807, 2.05) is 5.32 Å². The first-order chi connectivity index (χ1) is 17.6. The van der Waals surface area contributed by atoms with E-state index in [1.54, 1.807) is 30.3 Å². The standard InChI is InChI=1S/C25H15BrF4N2O4S/c26-15-3-8-19(36-12-13-1-4-16(27)5-2-13)14(9-15)10-20-24(34)32(25(35)37-20)11-21(33)31-18-7-6-17(28)22(29)23(18)30/h1-10H,11-12H2,(H,31,33)/b20-10-. The molecule has 0 radical (unpaired) electrons. The van der Waals surface area contributed by atoms with E-state index in [1.165, 1.54) is 18.2 Å². The summed E-state index contributed by atoms with van der Waals surface area (Å²) in [4.78, 5) is 38.2. The van der Waals surface area contributed by atoms with E-state index in [4.69, 9.17) is 4.74 Å². The van der Waals surface area contributed by atoms with Crippen molar-refractivity contribution in [3.8, 4) is 5.75 Å². The van der Waals surface area contributed by atoms with Crippen molar-refractivity contribution in [1.29, 1.82) is 0 Å². The average Bonchev–Trinajstić information content (AvgIpc) is 3.12. The highest BCUT2D eigenvalue weighted by Crippen LogP contribution is 2.35. The summed E-state index contributed by atoms with van der Waals surface area (Å²) in [7, 11) is 0. The summed E-state index contributed by atoms with van der Waals surface area (Å²) >= 11 is 3.92. The Hall–Kier alpha value is -3.64. The van der Waals surface area contributed by atoms with Crippen LogP contribution in [0.2, 0.25) is 0 Å². The summed E-state index contributed by atoms with van der Waals surface area (Å²) in [5, 5.41) is 1.27. The molecule has 1 N–H and O–H groups in total. The molecule has 0 aliphatic carbocycles. The van der Waals surface area contributed by atoms with Crippen LogP contribution in [0.3, 0.4) is 0 Å². The molecule has 0 bridgehead atoms. The van der Waals surface area contributed by atoms with Crippen LogP contribution in [0, 0.1) is 23.3 Å². The first-order valence-electron chi connectivity index (χ1n) is 10.5. The minimum atomic E-state index is -1.77. The normalized spacial score (nSPS) is 14.4. The summed E-state index contributed by atoms with van der Waals surface area (Å²) in [6, 6.07) is 12.2. The molecule has 0 aromatic heterocycles. The van der Waals surface area contributed by atoms with Gasteiger partial charge < -0.3 is 10.1 Å². The molecule has 1 aliphatic rings. The monoisotopic (exact) mass is 594 g/mol. The molecule has 1 fully saturated rings. The molecule has 1 heterocycles. The molecule has 3 amide bonds. The number of nitrogens with one attached hydrogen (secondary N) is 1. The zero-order valence-corrected chi connectivity index (χ0v) is 21.0. The largest absolute Gasteiger partial charge is 0.488 e. The van der Waals surface area contributed by atoms with Gasteiger partial charge in [0.05, 0.1) is 10.6 Å². The van der Waals surface area contributed by atoms with Crippen LogP contribution in [0.4, 0.5) is 28.0 Å². The van der Waals surface area contributed by atoms with Crippen LogP contribution in [0.5, 0.6) is 5.75 Å². The first-order valence-corrected chi connectivity index (χ1v) is 12.1. The van der Waals surface area contributed by atoms with E-state index >= 15 is 0 Å². The number of imide groups is 1. The van der Waals surface area contributed by atoms with Gasteiger partial charge in [0, 0.05) is 10.0 Å². The number of benzene rings is 3. The molecule has 0 spiro atoms. The van der Waals surface area contributed by atoms with Gasteiger partial charge in [0.25, 0.3) is 11.1 Å². The lowest BCUT2D eigenvalue weighted by Gasteiger charge is -2.13. The molecule has 3 aromatic rings. The lowest BCUT2D eigenvalue weighted by Crippen LogP contribution is -2.36. The fraction of sp³-hybridized carbons (Fsp3) is 0.0800. The Bertz CT molecular complexity index is 1430. The van der Waals surface area contributed by atoms with E-state index in [9.17, 15) is 31.9 Å². The summed E-state index contributed by atoms with van der Waals surface area (Å²) in [6.07, 6.45) is 1.42. The predicted octanol–water partition coefficient (Wildman–Crippen LogP) is 6.26. The quantitative estimate of drug-likeness (QED) is 0.198. The molecule has 0 atom stereocenters. The average molecular weight is 595 g/mol. The van der Waals surface area contributed by atoms with E-state index in [0.29, 0.717) is 44.1 Å². The van der Waals surface area contributed by atoms with Crippen LogP contribution < -0.4 is 10.1 Å². The van der Waals surface area contributed by atoms with Crippen molar-refractivity contribution in [3.63, 3.8) is 0 Å². The van der Waals surface area contributed by atoms with E-state index < -0.39 is 46.7 Å². The van der Waals surface area contributed by atoms with Crippen LogP contribution in [-0.4, -0.2) is 28.5 Å². The lowest BCUT2D eigenvalue weighted by molar-refractivity contribution is -0.127. The first kappa shape index (κ1) is 26.4. The highest BCUT2D eigenvalue weighted by molar-refractivity contribution is 9.10. The number of hydrogen-bond donors (Lipinski definition) is 1. The van der Waals surface area contributed by atoms with Gasteiger partial charge in [0.1, 0.15) is 24.7 Å². The van der Waals surface area contributed by atoms with Gasteiger partial charge in [0.15, 0.2) is 17.5 Å². The van der Waals surface area contributed by atoms with Crippen molar-refractivity contribution >= 4 is 56.5 Å². The van der Waals surface area contributed by atoms with Gasteiger partial charge in [0.2, 0.25) is 5.91 Å². The third kappa shape index (κ3) is 6.20. The molecule has 0 unspecified atom stereocenters. The van der Waals surface area contributed by atoms with Gasteiger partial charge in [-0.25, -0.2) is 17.6 Å². The number of carbonyl (C=O) groups excluding carboxylic acids is 3. The Morgan fingerprint density at radius 2 is 1.73 bits per heavy atom. The third-order valence-electron chi connectivity index (χ3n) is 5.05. The minimum Gasteiger partial charge on any atom is -0.488 e. The van der Waals surface area contributed by atoms with Crippen LogP contribution in [0.15, 0.2) is 64.0 Å². The molecule has 4 rings (SSSR count). The maximum absolute atomic E-state index is 13.8. The molecule has 12 heteroatoms. The Morgan fingerprint density at radius 1 is 1.00 bits per heavy atom. The number of rotatable bonds is 7. The van der Waals surface area contributed by atoms with Gasteiger partial charge in [-0.15, -0.1) is 0 Å². The Balaban J connectivity index is 1.48. The summed E-state index contributed by atoms with van der Waals surface area (Å²) in [5.74, 6) is -6.57. The zero-order valence-electron chi connectivity index (χ0n) is 18.6. The molecule has 6 nitrogen and oxygen atoms in total. The second-order valence-electron chi connectivity index (χ2n) is 7.64. The predicted molar refractivity (Wildman–Crippen MR) is 132 cm³/mol. The number of carbonyl (C=O) groups is 3. The van der Waals surface area contributed by atoms with E-state index in [0.717, 1.165) is 6.07 Å². The van der Waals surface area contributed by atoms with E-state index in [-0.39, 0.29) is 17.3 Å². The highest BCUT2D eigenvalue weighted by atomic mass is 79.9. The summed E-state index contributed by atoms with van der Waals surface area (Å²) in [5.41, 5.74) is 0.526. The topological polar surface area (TPSA) is 75.7 Å². The smallest absolute Gasteiger partial charge is 0.294 e. The molecule has 190 valence electrons. The van der Waals surface area contributed by atoms with Gasteiger partial charge in [-0.05, 0) is 65.9 Å². The number of halogens is 5. The van der Waals surface area contributed by atoms with Gasteiger partial charge in [-0.2, -0.15) is 0 Å². The molecular weight excluding hydrogens is 580 g/mol. The van der Waals surface area contributed by atoms with Crippen LogP contribution in [0.1, 0.15) is 11.1 Å².